The van der Waals surface area contributed by atoms with E-state index in [1.54, 1.807) is 0 Å². The minimum atomic E-state index is -0.123. The van der Waals surface area contributed by atoms with Crippen LogP contribution in [0, 0.1) is 28.6 Å². The fraction of sp³-hybridized carbons (Fsp3) is 0.857. The number of ketones is 1. The van der Waals surface area contributed by atoms with Gasteiger partial charge in [0.1, 0.15) is 0 Å². The number of carbonyl (C=O) groups excluding carboxylic acids is 1. The third kappa shape index (κ3) is 2.48. The molecule has 140 valence electrons. The molecule has 0 amide bonds. The summed E-state index contributed by atoms with van der Waals surface area (Å²) < 4.78 is 0. The molecule has 25 heavy (non-hydrogen) atoms. The van der Waals surface area contributed by atoms with Crippen molar-refractivity contribution in [1.29, 1.82) is 0 Å². The third-order valence-electron chi connectivity index (χ3n) is 8.60. The molecule has 0 saturated heterocycles. The lowest BCUT2D eigenvalue weighted by Gasteiger charge is -2.60. The van der Waals surface area contributed by atoms with Crippen LogP contribution in [0.4, 0.5) is 0 Å². The maximum absolute atomic E-state index is 12.3. The van der Waals surface area contributed by atoms with Gasteiger partial charge in [0.2, 0.25) is 0 Å². The van der Waals surface area contributed by atoms with Gasteiger partial charge in [0, 0.05) is 31.0 Å². The smallest absolute Gasteiger partial charge is 0.157 e. The summed E-state index contributed by atoms with van der Waals surface area (Å²) in [7, 11) is 0. The fourth-order valence-corrected chi connectivity index (χ4v) is 7.15. The summed E-state index contributed by atoms with van der Waals surface area (Å²) in [5.41, 5.74) is 7.30. The van der Waals surface area contributed by atoms with Crippen molar-refractivity contribution in [2.45, 2.75) is 70.9 Å². The summed E-state index contributed by atoms with van der Waals surface area (Å²) in [4.78, 5) is 12.3. The van der Waals surface area contributed by atoms with Crippen LogP contribution in [0.1, 0.15) is 58.8 Å². The van der Waals surface area contributed by atoms with Crippen LogP contribution in [0.5, 0.6) is 0 Å². The largest absolute Gasteiger partial charge is 0.393 e. The Labute approximate surface area is 151 Å². The number of hydrogen-bond acceptors (Lipinski definition) is 4. The SMILES string of the molecule is C[C@]12CC[C@H]3[C@@H](CCC4=CC(=O)CC(NCCN)[C@@]43C)[C@@H]1CC[C@@H]2O. The number of nitrogens with one attached hydrogen (secondary N) is 1. The monoisotopic (exact) mass is 346 g/mol. The van der Waals surface area contributed by atoms with E-state index in [-0.39, 0.29) is 28.8 Å². The molecule has 1 unspecified atom stereocenters. The summed E-state index contributed by atoms with van der Waals surface area (Å²) in [6.07, 6.45) is 9.13. The molecule has 4 heteroatoms. The van der Waals surface area contributed by atoms with Crippen LogP contribution in [0.15, 0.2) is 11.6 Å². The average Bonchev–Trinajstić information content (AvgIpc) is 2.89. The molecule has 0 aromatic carbocycles. The van der Waals surface area contributed by atoms with Gasteiger partial charge in [-0.2, -0.15) is 0 Å². The minimum absolute atomic E-state index is 0.0703. The van der Waals surface area contributed by atoms with Crippen molar-refractivity contribution in [3.05, 3.63) is 11.6 Å². The first kappa shape index (κ1) is 17.7. The Kier molecular flexibility index (Phi) is 4.37. The van der Waals surface area contributed by atoms with Crippen molar-refractivity contribution in [3.63, 3.8) is 0 Å². The topological polar surface area (TPSA) is 75.4 Å². The van der Waals surface area contributed by atoms with Crippen molar-refractivity contribution in [2.75, 3.05) is 13.1 Å². The van der Waals surface area contributed by atoms with Gasteiger partial charge in [-0.25, -0.2) is 0 Å². The van der Waals surface area contributed by atoms with E-state index in [0.717, 1.165) is 25.8 Å². The van der Waals surface area contributed by atoms with Crippen LogP contribution in [-0.2, 0) is 4.79 Å². The summed E-state index contributed by atoms with van der Waals surface area (Å²) >= 11 is 0. The van der Waals surface area contributed by atoms with Crippen LogP contribution in [0.3, 0.4) is 0 Å². The summed E-state index contributed by atoms with van der Waals surface area (Å²) in [5.74, 6) is 2.23. The van der Waals surface area contributed by atoms with Gasteiger partial charge >= 0.3 is 0 Å². The van der Waals surface area contributed by atoms with Crippen LogP contribution in [-0.4, -0.2) is 36.1 Å². The van der Waals surface area contributed by atoms with Gasteiger partial charge in [0.05, 0.1) is 6.10 Å². The van der Waals surface area contributed by atoms with E-state index in [1.807, 2.05) is 6.08 Å². The lowest BCUT2D eigenvalue weighted by molar-refractivity contribution is -0.119. The molecule has 0 radical (unpaired) electrons. The first-order valence-electron chi connectivity index (χ1n) is 10.3. The van der Waals surface area contributed by atoms with Gasteiger partial charge in [-0.1, -0.05) is 19.4 Å². The zero-order chi connectivity index (χ0) is 17.8. The molecule has 4 nitrogen and oxygen atoms in total. The molecule has 4 aliphatic carbocycles. The van der Waals surface area contributed by atoms with E-state index in [2.05, 4.69) is 19.2 Å². The second-order valence-corrected chi connectivity index (χ2v) is 9.47. The predicted octanol–water partition coefficient (Wildman–Crippen LogP) is 2.41. The number of carbonyl (C=O) groups is 1. The van der Waals surface area contributed by atoms with E-state index in [9.17, 15) is 9.90 Å². The molecule has 0 spiro atoms. The highest BCUT2D eigenvalue weighted by molar-refractivity contribution is 5.92. The third-order valence-corrected chi connectivity index (χ3v) is 8.60. The quantitative estimate of drug-likeness (QED) is 0.733. The number of fused-ring (bicyclic) bond motifs is 5. The van der Waals surface area contributed by atoms with Crippen molar-refractivity contribution < 1.29 is 9.90 Å². The molecule has 0 aromatic heterocycles. The van der Waals surface area contributed by atoms with Gasteiger partial charge < -0.3 is 16.2 Å². The molecule has 3 saturated carbocycles. The van der Waals surface area contributed by atoms with Gasteiger partial charge in [-0.05, 0) is 67.8 Å². The fourth-order valence-electron chi connectivity index (χ4n) is 7.15. The number of aliphatic hydroxyl groups is 1. The molecule has 0 bridgehead atoms. The first-order chi connectivity index (χ1) is 11.9. The van der Waals surface area contributed by atoms with Crippen molar-refractivity contribution in [1.82, 2.24) is 5.32 Å². The van der Waals surface area contributed by atoms with Gasteiger partial charge in [0.15, 0.2) is 5.78 Å². The molecule has 4 N–H and O–H groups in total. The lowest BCUT2D eigenvalue weighted by Crippen LogP contribution is -2.59. The number of rotatable bonds is 3. The van der Waals surface area contributed by atoms with Gasteiger partial charge in [-0.3, -0.25) is 4.79 Å². The van der Waals surface area contributed by atoms with E-state index < -0.39 is 0 Å². The zero-order valence-electron chi connectivity index (χ0n) is 15.8. The number of aliphatic hydroxyl groups excluding tert-OH is 1. The molecule has 4 rings (SSSR count). The van der Waals surface area contributed by atoms with Crippen LogP contribution in [0.2, 0.25) is 0 Å². The van der Waals surface area contributed by atoms with E-state index >= 15 is 0 Å². The second-order valence-electron chi connectivity index (χ2n) is 9.47. The Morgan fingerprint density at radius 1 is 1.24 bits per heavy atom. The highest BCUT2D eigenvalue weighted by Crippen LogP contribution is 2.65. The van der Waals surface area contributed by atoms with Crippen LogP contribution >= 0.6 is 0 Å². The van der Waals surface area contributed by atoms with Crippen LogP contribution < -0.4 is 11.1 Å². The van der Waals surface area contributed by atoms with Gasteiger partial charge in [-0.15, -0.1) is 0 Å². The Bertz CT molecular complexity index is 588. The summed E-state index contributed by atoms with van der Waals surface area (Å²) in [5, 5.41) is 14.2. The predicted molar refractivity (Wildman–Crippen MR) is 98.9 cm³/mol. The Hall–Kier alpha value is -0.710. The molecular weight excluding hydrogens is 312 g/mol. The second kappa shape index (κ2) is 6.17. The number of hydrogen-bond donors (Lipinski definition) is 3. The summed E-state index contributed by atoms with van der Waals surface area (Å²) in [6, 6.07) is 0.215. The molecule has 0 heterocycles. The van der Waals surface area contributed by atoms with Crippen molar-refractivity contribution >= 4 is 5.78 Å². The van der Waals surface area contributed by atoms with Gasteiger partial charge in [0.25, 0.3) is 0 Å². The average molecular weight is 347 g/mol. The Balaban J connectivity index is 1.68. The molecule has 0 aliphatic heterocycles. The Morgan fingerprint density at radius 3 is 2.80 bits per heavy atom. The normalized spacial score (nSPS) is 49.2. The standard InChI is InChI=1S/C21H34N2O2/c1-20-8-7-17-15(16(20)5-6-19(20)25)4-3-13-11-14(24)12-18(21(13,17)2)23-10-9-22/h11,15-19,23,25H,3-10,12,22H2,1-2H3/t15-,16-,17-,18?,19-,20-,21-/m0/s1. The first-order valence-corrected chi connectivity index (χ1v) is 10.3. The molecular formula is C21H34N2O2. The van der Waals surface area contributed by atoms with E-state index in [0.29, 0.717) is 30.7 Å². The van der Waals surface area contributed by atoms with E-state index in [1.165, 1.54) is 24.8 Å². The summed E-state index contributed by atoms with van der Waals surface area (Å²) in [6.45, 7) is 6.12. The van der Waals surface area contributed by atoms with Crippen molar-refractivity contribution in [2.24, 2.45) is 34.3 Å². The highest BCUT2D eigenvalue weighted by atomic mass is 16.3. The highest BCUT2D eigenvalue weighted by Gasteiger charge is 2.60. The zero-order valence-corrected chi connectivity index (χ0v) is 15.8. The van der Waals surface area contributed by atoms with Crippen LogP contribution in [0.25, 0.3) is 0 Å². The Morgan fingerprint density at radius 2 is 2.04 bits per heavy atom. The van der Waals surface area contributed by atoms with E-state index in [4.69, 9.17) is 5.73 Å². The minimum Gasteiger partial charge on any atom is -0.393 e. The van der Waals surface area contributed by atoms with Crippen molar-refractivity contribution in [3.8, 4) is 0 Å². The molecule has 4 aliphatic rings. The molecule has 3 fully saturated rings. The molecule has 0 aromatic rings. The molecule has 7 atom stereocenters. The number of nitrogens with two attached hydrogens (primary N) is 1. The lowest BCUT2D eigenvalue weighted by atomic mass is 9.46. The maximum atomic E-state index is 12.3. The maximum Gasteiger partial charge on any atom is 0.157 e.